The number of H-pyrrole nitrogens is 1. The number of unbranched alkanes of at least 4 members (excludes halogenated alkanes) is 3. The van der Waals surface area contributed by atoms with Crippen LogP contribution in [0.4, 0.5) is 0 Å². The maximum Gasteiger partial charge on any atom is 0.273 e. The Hall–Kier alpha value is -3.28. The first-order valence-electron chi connectivity index (χ1n) is 11.6. The molecule has 2 heterocycles. The molecule has 0 spiro atoms. The summed E-state index contributed by atoms with van der Waals surface area (Å²) in [5, 5.41) is 17.8. The van der Waals surface area contributed by atoms with Gasteiger partial charge in [0.25, 0.3) is 5.91 Å². The van der Waals surface area contributed by atoms with Crippen LogP contribution in [0.1, 0.15) is 73.6 Å². The Morgan fingerprint density at radius 2 is 1.81 bits per heavy atom. The summed E-state index contributed by atoms with van der Waals surface area (Å²) in [6.45, 7) is 5.62. The summed E-state index contributed by atoms with van der Waals surface area (Å²) in [4.78, 5) is 15.0. The summed E-state index contributed by atoms with van der Waals surface area (Å²) >= 11 is 0. The van der Waals surface area contributed by atoms with Gasteiger partial charge in [-0.05, 0) is 42.7 Å². The topological polar surface area (TPSA) is 78.5 Å². The maximum atomic E-state index is 13.2. The number of carbonyl (C=O) groups excluding carboxylic acids is 1. The Labute approximate surface area is 189 Å². The number of fused-ring (bicyclic) bond motifs is 1. The van der Waals surface area contributed by atoms with Crippen LogP contribution in [0.2, 0.25) is 0 Å². The average Bonchev–Trinajstić information content (AvgIpc) is 3.34. The van der Waals surface area contributed by atoms with Gasteiger partial charge in [0.2, 0.25) is 0 Å². The minimum Gasteiger partial charge on any atom is -0.507 e. The van der Waals surface area contributed by atoms with Crippen LogP contribution in [-0.4, -0.2) is 39.3 Å². The van der Waals surface area contributed by atoms with E-state index < -0.39 is 0 Å². The van der Waals surface area contributed by atoms with Crippen molar-refractivity contribution in [2.75, 3.05) is 13.2 Å². The van der Waals surface area contributed by atoms with Crippen molar-refractivity contribution in [3.05, 3.63) is 65.4 Å². The predicted molar refractivity (Wildman–Crippen MR) is 125 cm³/mol. The van der Waals surface area contributed by atoms with Crippen LogP contribution in [0.5, 0.6) is 11.5 Å². The highest BCUT2D eigenvalue weighted by Crippen LogP contribution is 2.44. The van der Waals surface area contributed by atoms with Gasteiger partial charge in [0, 0.05) is 17.7 Å². The highest BCUT2D eigenvalue weighted by Gasteiger charge is 2.42. The van der Waals surface area contributed by atoms with Gasteiger partial charge in [0.1, 0.15) is 22.9 Å². The molecule has 1 aromatic heterocycles. The zero-order valence-corrected chi connectivity index (χ0v) is 18.8. The van der Waals surface area contributed by atoms with Crippen molar-refractivity contribution in [2.45, 2.75) is 52.0 Å². The maximum absolute atomic E-state index is 13.2. The summed E-state index contributed by atoms with van der Waals surface area (Å²) in [6.07, 6.45) is 5.53. The van der Waals surface area contributed by atoms with Gasteiger partial charge in [-0.1, -0.05) is 57.4 Å². The van der Waals surface area contributed by atoms with Gasteiger partial charge < -0.3 is 14.7 Å². The third-order valence-electron chi connectivity index (χ3n) is 5.95. The van der Waals surface area contributed by atoms with Crippen molar-refractivity contribution in [1.29, 1.82) is 0 Å². The van der Waals surface area contributed by atoms with Gasteiger partial charge in [0.15, 0.2) is 0 Å². The number of carbonyl (C=O) groups is 1. The molecule has 0 aliphatic carbocycles. The fourth-order valence-electron chi connectivity index (χ4n) is 4.36. The number of phenols is 1. The summed E-state index contributed by atoms with van der Waals surface area (Å²) in [5.74, 6) is 0.927. The first-order chi connectivity index (χ1) is 15.7. The van der Waals surface area contributed by atoms with Crippen LogP contribution in [0.3, 0.4) is 0 Å². The average molecular weight is 434 g/mol. The first-order valence-corrected chi connectivity index (χ1v) is 11.6. The normalized spacial score (nSPS) is 15.2. The number of aromatic nitrogens is 2. The number of ether oxygens (including phenoxy) is 1. The van der Waals surface area contributed by atoms with Crippen LogP contribution in [0.15, 0.2) is 48.5 Å². The van der Waals surface area contributed by atoms with Crippen LogP contribution < -0.4 is 4.74 Å². The van der Waals surface area contributed by atoms with Crippen LogP contribution in [-0.2, 0) is 0 Å². The molecule has 1 amide bonds. The molecule has 32 heavy (non-hydrogen) atoms. The molecule has 0 bridgehead atoms. The molecule has 168 valence electrons. The van der Waals surface area contributed by atoms with Crippen LogP contribution >= 0.6 is 0 Å². The van der Waals surface area contributed by atoms with Gasteiger partial charge in [-0.25, -0.2) is 0 Å². The monoisotopic (exact) mass is 433 g/mol. The number of hydrogen-bond acceptors (Lipinski definition) is 4. The minimum absolute atomic E-state index is 0.0581. The van der Waals surface area contributed by atoms with Crippen molar-refractivity contribution < 1.29 is 14.6 Å². The highest BCUT2D eigenvalue weighted by atomic mass is 16.5. The Kier molecular flexibility index (Phi) is 6.78. The lowest BCUT2D eigenvalue weighted by molar-refractivity contribution is 0.0744. The lowest BCUT2D eigenvalue weighted by Gasteiger charge is -2.26. The molecule has 0 radical (unpaired) electrons. The van der Waals surface area contributed by atoms with Crippen molar-refractivity contribution in [1.82, 2.24) is 15.1 Å². The number of benzene rings is 2. The second-order valence-corrected chi connectivity index (χ2v) is 8.26. The second kappa shape index (κ2) is 9.90. The van der Waals surface area contributed by atoms with E-state index in [1.165, 1.54) is 19.3 Å². The van der Waals surface area contributed by atoms with Crippen molar-refractivity contribution in [2.24, 2.45) is 0 Å². The summed E-state index contributed by atoms with van der Waals surface area (Å²) in [6, 6.07) is 14.8. The Balaban J connectivity index is 1.64. The lowest BCUT2D eigenvalue weighted by atomic mass is 9.95. The standard InChI is InChI=1S/C26H31N3O3/c1-3-5-6-9-17-32-19-14-12-18(13-15-19)25-22-23(20-10-7-8-11-21(20)30)27-28-24(22)26(31)29(25)16-4-2/h7-8,10-15,25,30H,3-6,9,16-17H2,1-2H3,(H,27,28)/t25-/m1/s1. The summed E-state index contributed by atoms with van der Waals surface area (Å²) < 4.78 is 5.90. The number of aromatic hydroxyl groups is 1. The van der Waals surface area contributed by atoms with Gasteiger partial charge in [-0.3, -0.25) is 9.89 Å². The number of aromatic amines is 1. The molecule has 2 N–H and O–H groups in total. The number of nitrogens with zero attached hydrogens (tertiary/aromatic N) is 2. The number of nitrogens with one attached hydrogen (secondary N) is 1. The molecule has 1 aliphatic heterocycles. The first kappa shape index (κ1) is 21.9. The molecule has 4 rings (SSSR count). The van der Waals surface area contributed by atoms with Crippen molar-refractivity contribution in [3.63, 3.8) is 0 Å². The van der Waals surface area contributed by atoms with E-state index in [-0.39, 0.29) is 17.7 Å². The smallest absolute Gasteiger partial charge is 0.273 e. The molecule has 2 aromatic carbocycles. The molecule has 0 unspecified atom stereocenters. The van der Waals surface area contributed by atoms with E-state index in [0.29, 0.717) is 30.1 Å². The zero-order valence-electron chi connectivity index (χ0n) is 18.8. The minimum atomic E-state index is -0.260. The van der Waals surface area contributed by atoms with Gasteiger partial charge in [0.05, 0.1) is 12.6 Å². The number of hydrogen-bond donors (Lipinski definition) is 2. The molecule has 0 saturated heterocycles. The van der Waals surface area contributed by atoms with E-state index in [0.717, 1.165) is 29.7 Å². The Morgan fingerprint density at radius 1 is 1.03 bits per heavy atom. The molecule has 1 atom stereocenters. The Morgan fingerprint density at radius 3 is 2.53 bits per heavy atom. The zero-order chi connectivity index (χ0) is 22.5. The van der Waals surface area contributed by atoms with E-state index in [4.69, 9.17) is 4.74 Å². The third kappa shape index (κ3) is 4.22. The second-order valence-electron chi connectivity index (χ2n) is 8.26. The van der Waals surface area contributed by atoms with Crippen LogP contribution in [0, 0.1) is 0 Å². The SMILES string of the molecule is CCCCCCOc1ccc([C@@H]2c3c(-c4ccccc4O)n[nH]c3C(=O)N2CCC)cc1. The largest absolute Gasteiger partial charge is 0.507 e. The number of rotatable bonds is 10. The van der Waals surface area contributed by atoms with Gasteiger partial charge in [-0.15, -0.1) is 0 Å². The number of para-hydroxylation sites is 1. The fourth-order valence-corrected chi connectivity index (χ4v) is 4.36. The van der Waals surface area contributed by atoms with Gasteiger partial charge >= 0.3 is 0 Å². The van der Waals surface area contributed by atoms with Crippen LogP contribution in [0.25, 0.3) is 11.3 Å². The summed E-state index contributed by atoms with van der Waals surface area (Å²) in [7, 11) is 0. The van der Waals surface area contributed by atoms with E-state index in [2.05, 4.69) is 24.0 Å². The highest BCUT2D eigenvalue weighted by molar-refractivity contribution is 6.00. The molecular weight excluding hydrogens is 402 g/mol. The number of amides is 1. The third-order valence-corrected chi connectivity index (χ3v) is 5.95. The molecule has 6 heteroatoms. The molecule has 0 fully saturated rings. The molecule has 6 nitrogen and oxygen atoms in total. The van der Waals surface area contributed by atoms with E-state index >= 15 is 0 Å². The van der Waals surface area contributed by atoms with E-state index in [1.54, 1.807) is 12.1 Å². The van der Waals surface area contributed by atoms with Crippen molar-refractivity contribution in [3.8, 4) is 22.8 Å². The predicted octanol–water partition coefficient (Wildman–Crippen LogP) is 5.70. The van der Waals surface area contributed by atoms with Gasteiger partial charge in [-0.2, -0.15) is 5.10 Å². The van der Waals surface area contributed by atoms with Crippen molar-refractivity contribution >= 4 is 5.91 Å². The molecular formula is C26H31N3O3. The summed E-state index contributed by atoms with van der Waals surface area (Å²) in [5.41, 5.74) is 3.55. The lowest BCUT2D eigenvalue weighted by Crippen LogP contribution is -2.30. The Bertz CT molecular complexity index is 1060. The van der Waals surface area contributed by atoms with E-state index in [9.17, 15) is 9.90 Å². The number of phenolic OH excluding ortho intramolecular Hbond substituents is 1. The molecule has 1 aliphatic rings. The molecule has 3 aromatic rings. The quantitative estimate of drug-likeness (QED) is 0.402. The fraction of sp³-hybridized carbons (Fsp3) is 0.385. The molecule has 0 saturated carbocycles. The van der Waals surface area contributed by atoms with E-state index in [1.807, 2.05) is 41.3 Å².